The molecule has 0 radical (unpaired) electrons. The molecule has 0 atom stereocenters. The van der Waals surface area contributed by atoms with Crippen molar-refractivity contribution in [3.8, 4) is 0 Å². The van der Waals surface area contributed by atoms with Crippen LogP contribution in [-0.2, 0) is 4.74 Å². The number of nitrogens with zero attached hydrogens (tertiary/aromatic N) is 3. The van der Waals surface area contributed by atoms with Crippen LogP contribution in [0.5, 0.6) is 0 Å². The molecule has 3 rings (SSSR count). The number of esters is 1. The second-order valence-electron chi connectivity index (χ2n) is 5.30. The standard InChI is InChI=1S/C18H17N3O3/c1-20(14-7-3-2-4-8-14)11-12-24-18(23)15-13-19-16-9-5-6-10-21(16)17(15)22/h2-10,13H,11-12H2,1H3. The molecule has 3 aromatic rings. The van der Waals surface area contributed by atoms with Crippen LogP contribution in [0, 0.1) is 0 Å². The number of carbonyl (C=O) groups excluding carboxylic acids is 1. The molecule has 6 nitrogen and oxygen atoms in total. The zero-order valence-electron chi connectivity index (χ0n) is 13.3. The molecule has 122 valence electrons. The maximum absolute atomic E-state index is 12.3. The SMILES string of the molecule is CN(CCOC(=O)c1cnc2ccccn2c1=O)c1ccccc1. The van der Waals surface area contributed by atoms with E-state index in [1.165, 1.54) is 10.6 Å². The van der Waals surface area contributed by atoms with Gasteiger partial charge < -0.3 is 9.64 Å². The number of benzene rings is 1. The minimum Gasteiger partial charge on any atom is -0.460 e. The Morgan fingerprint density at radius 1 is 1.17 bits per heavy atom. The number of carbonyl (C=O) groups is 1. The summed E-state index contributed by atoms with van der Waals surface area (Å²) in [5.74, 6) is -0.660. The molecule has 1 aromatic carbocycles. The number of fused-ring (bicyclic) bond motifs is 1. The molecule has 0 aliphatic carbocycles. The van der Waals surface area contributed by atoms with Gasteiger partial charge in [-0.05, 0) is 24.3 Å². The molecule has 2 heterocycles. The molecule has 6 heteroatoms. The zero-order chi connectivity index (χ0) is 16.9. The molecule has 24 heavy (non-hydrogen) atoms. The van der Waals surface area contributed by atoms with Crippen LogP contribution in [0.25, 0.3) is 5.65 Å². The number of rotatable bonds is 5. The van der Waals surface area contributed by atoms with Gasteiger partial charge in [0.05, 0.1) is 6.54 Å². The predicted octanol–water partition coefficient (Wildman–Crippen LogP) is 1.99. The number of aromatic nitrogens is 2. The molecule has 0 spiro atoms. The first-order chi connectivity index (χ1) is 11.7. The molecule has 0 amide bonds. The van der Waals surface area contributed by atoms with Crippen LogP contribution in [0.3, 0.4) is 0 Å². The Kier molecular flexibility index (Phi) is 4.56. The van der Waals surface area contributed by atoms with Gasteiger partial charge in [0.1, 0.15) is 17.8 Å². The van der Waals surface area contributed by atoms with Crippen molar-refractivity contribution in [3.05, 3.63) is 76.8 Å². The summed E-state index contributed by atoms with van der Waals surface area (Å²) in [6, 6.07) is 15.0. The maximum Gasteiger partial charge on any atom is 0.345 e. The Balaban J connectivity index is 1.65. The van der Waals surface area contributed by atoms with Crippen molar-refractivity contribution in [3.63, 3.8) is 0 Å². The summed E-state index contributed by atoms with van der Waals surface area (Å²) in [6.45, 7) is 0.708. The van der Waals surface area contributed by atoms with Crippen LogP contribution < -0.4 is 10.5 Å². The Morgan fingerprint density at radius 3 is 2.71 bits per heavy atom. The zero-order valence-corrected chi connectivity index (χ0v) is 13.3. The normalized spacial score (nSPS) is 10.5. The Hall–Kier alpha value is -3.15. The van der Waals surface area contributed by atoms with Crippen molar-refractivity contribution < 1.29 is 9.53 Å². The van der Waals surface area contributed by atoms with Gasteiger partial charge >= 0.3 is 5.97 Å². The van der Waals surface area contributed by atoms with Gasteiger partial charge in [0.25, 0.3) is 5.56 Å². The second kappa shape index (κ2) is 6.95. The molecule has 0 fully saturated rings. The van der Waals surface area contributed by atoms with Crippen LogP contribution in [0.1, 0.15) is 10.4 Å². The first-order valence-electron chi connectivity index (χ1n) is 7.56. The van der Waals surface area contributed by atoms with Gasteiger partial charge in [0.15, 0.2) is 0 Å². The van der Waals surface area contributed by atoms with Gasteiger partial charge in [0, 0.05) is 25.1 Å². The van der Waals surface area contributed by atoms with E-state index in [2.05, 4.69) is 4.98 Å². The monoisotopic (exact) mass is 323 g/mol. The minimum absolute atomic E-state index is 0.0685. The number of likely N-dealkylation sites (N-methyl/N-ethyl adjacent to an activating group) is 1. The lowest BCUT2D eigenvalue weighted by Crippen LogP contribution is -2.27. The van der Waals surface area contributed by atoms with Crippen molar-refractivity contribution >= 4 is 17.3 Å². The fourth-order valence-corrected chi connectivity index (χ4v) is 2.33. The van der Waals surface area contributed by atoms with Gasteiger partial charge in [0.2, 0.25) is 0 Å². The molecule has 0 bridgehead atoms. The van der Waals surface area contributed by atoms with E-state index in [1.807, 2.05) is 42.3 Å². The first-order valence-corrected chi connectivity index (χ1v) is 7.56. The van der Waals surface area contributed by atoms with Gasteiger partial charge in [-0.15, -0.1) is 0 Å². The maximum atomic E-state index is 12.3. The van der Waals surface area contributed by atoms with Crippen LogP contribution in [0.2, 0.25) is 0 Å². The van der Waals surface area contributed by atoms with Crippen molar-refractivity contribution in [1.82, 2.24) is 9.38 Å². The molecular formula is C18H17N3O3. The highest BCUT2D eigenvalue weighted by Gasteiger charge is 2.14. The van der Waals surface area contributed by atoms with E-state index in [4.69, 9.17) is 4.74 Å². The van der Waals surface area contributed by atoms with Crippen LogP contribution >= 0.6 is 0 Å². The molecule has 0 aliphatic rings. The largest absolute Gasteiger partial charge is 0.460 e. The summed E-state index contributed by atoms with van der Waals surface area (Å²) in [7, 11) is 1.91. The van der Waals surface area contributed by atoms with Crippen LogP contribution in [-0.4, -0.2) is 35.6 Å². The second-order valence-corrected chi connectivity index (χ2v) is 5.30. The van der Waals surface area contributed by atoms with E-state index in [1.54, 1.807) is 24.4 Å². The van der Waals surface area contributed by atoms with E-state index in [9.17, 15) is 9.59 Å². The summed E-state index contributed by atoms with van der Waals surface area (Å²) in [4.78, 5) is 30.5. The number of ether oxygens (including phenoxy) is 1. The minimum atomic E-state index is -0.660. The quantitative estimate of drug-likeness (QED) is 0.672. The number of hydrogen-bond donors (Lipinski definition) is 0. The van der Waals surface area contributed by atoms with E-state index in [-0.39, 0.29) is 12.2 Å². The molecule has 0 saturated carbocycles. The highest BCUT2D eigenvalue weighted by molar-refractivity contribution is 5.88. The number of pyridine rings is 1. The average Bonchev–Trinajstić information content (AvgIpc) is 2.62. The van der Waals surface area contributed by atoms with Gasteiger partial charge in [-0.1, -0.05) is 24.3 Å². The molecule has 0 unspecified atom stereocenters. The fraction of sp³-hybridized carbons (Fsp3) is 0.167. The number of anilines is 1. The Labute approximate surface area is 138 Å². The van der Waals surface area contributed by atoms with Crippen LogP contribution in [0.15, 0.2) is 65.7 Å². The summed E-state index contributed by atoms with van der Waals surface area (Å²) in [5.41, 5.74) is 1.02. The number of hydrogen-bond acceptors (Lipinski definition) is 5. The van der Waals surface area contributed by atoms with E-state index in [0.29, 0.717) is 12.2 Å². The van der Waals surface area contributed by atoms with Crippen molar-refractivity contribution in [1.29, 1.82) is 0 Å². The molecule has 0 N–H and O–H groups in total. The lowest BCUT2D eigenvalue weighted by molar-refractivity contribution is 0.0513. The third-order valence-electron chi connectivity index (χ3n) is 3.69. The van der Waals surface area contributed by atoms with E-state index < -0.39 is 11.5 Å². The third kappa shape index (κ3) is 3.27. The van der Waals surface area contributed by atoms with Crippen molar-refractivity contribution in [2.24, 2.45) is 0 Å². The Bertz CT molecular complexity index is 906. The predicted molar refractivity (Wildman–Crippen MR) is 91.5 cm³/mol. The van der Waals surface area contributed by atoms with E-state index >= 15 is 0 Å². The highest BCUT2D eigenvalue weighted by Crippen LogP contribution is 2.10. The van der Waals surface area contributed by atoms with Gasteiger partial charge in [-0.3, -0.25) is 9.20 Å². The number of para-hydroxylation sites is 1. The smallest absolute Gasteiger partial charge is 0.345 e. The highest BCUT2D eigenvalue weighted by atomic mass is 16.5. The summed E-state index contributed by atoms with van der Waals surface area (Å²) >= 11 is 0. The van der Waals surface area contributed by atoms with E-state index in [0.717, 1.165) is 5.69 Å². The lowest BCUT2D eigenvalue weighted by atomic mass is 10.3. The van der Waals surface area contributed by atoms with Crippen LogP contribution in [0.4, 0.5) is 5.69 Å². The average molecular weight is 323 g/mol. The third-order valence-corrected chi connectivity index (χ3v) is 3.69. The van der Waals surface area contributed by atoms with Gasteiger partial charge in [-0.2, -0.15) is 0 Å². The summed E-state index contributed by atoms with van der Waals surface area (Å²) < 4.78 is 6.54. The molecule has 0 aliphatic heterocycles. The summed E-state index contributed by atoms with van der Waals surface area (Å²) in [5, 5.41) is 0. The topological polar surface area (TPSA) is 63.9 Å². The Morgan fingerprint density at radius 2 is 1.92 bits per heavy atom. The molecule has 2 aromatic heterocycles. The van der Waals surface area contributed by atoms with Gasteiger partial charge in [-0.25, -0.2) is 9.78 Å². The first kappa shape index (κ1) is 15.7. The molecular weight excluding hydrogens is 306 g/mol. The molecule has 0 saturated heterocycles. The van der Waals surface area contributed by atoms with Crippen molar-refractivity contribution in [2.45, 2.75) is 0 Å². The fourth-order valence-electron chi connectivity index (χ4n) is 2.33. The van der Waals surface area contributed by atoms with Crippen molar-refractivity contribution in [2.75, 3.05) is 25.1 Å². The lowest BCUT2D eigenvalue weighted by Gasteiger charge is -2.18. The summed E-state index contributed by atoms with van der Waals surface area (Å²) in [6.07, 6.45) is 2.84.